The number of amidine groups is 1. The Hall–Kier alpha value is -3.20. The SMILES string of the molecule is CCOc1ccc2c(c1)CN(C(C)c1cc(N3CCC(C#N)CC3)c(OC)c(C(C)(C)C)c1)C2=N. The molecule has 1 unspecified atom stereocenters. The summed E-state index contributed by atoms with van der Waals surface area (Å²) < 4.78 is 11.7. The van der Waals surface area contributed by atoms with Crippen LogP contribution in [-0.2, 0) is 12.0 Å². The molecule has 2 aromatic carbocycles. The van der Waals surface area contributed by atoms with Gasteiger partial charge in [-0.25, -0.2) is 0 Å². The molecule has 2 aliphatic rings. The highest BCUT2D eigenvalue weighted by molar-refractivity contribution is 6.00. The smallest absolute Gasteiger partial charge is 0.145 e. The number of piperidine rings is 1. The van der Waals surface area contributed by atoms with Crippen LogP contribution in [0.2, 0.25) is 0 Å². The Labute approximate surface area is 210 Å². The Balaban J connectivity index is 1.71. The third-order valence-corrected chi connectivity index (χ3v) is 7.34. The van der Waals surface area contributed by atoms with E-state index in [4.69, 9.17) is 14.9 Å². The molecule has 4 rings (SSSR count). The van der Waals surface area contributed by atoms with Crippen molar-refractivity contribution in [2.75, 3.05) is 31.7 Å². The van der Waals surface area contributed by atoms with Crippen molar-refractivity contribution >= 4 is 11.5 Å². The van der Waals surface area contributed by atoms with E-state index in [9.17, 15) is 5.26 Å². The molecule has 1 N–H and O–H groups in total. The van der Waals surface area contributed by atoms with E-state index < -0.39 is 0 Å². The van der Waals surface area contributed by atoms with Crippen LogP contribution >= 0.6 is 0 Å². The largest absolute Gasteiger partial charge is 0.494 e. The van der Waals surface area contributed by atoms with E-state index in [1.165, 1.54) is 11.1 Å². The maximum Gasteiger partial charge on any atom is 0.145 e. The lowest BCUT2D eigenvalue weighted by Gasteiger charge is -2.36. The molecule has 2 aromatic rings. The van der Waals surface area contributed by atoms with Gasteiger partial charge in [0, 0.05) is 36.7 Å². The summed E-state index contributed by atoms with van der Waals surface area (Å²) in [6.07, 6.45) is 1.75. The van der Waals surface area contributed by atoms with E-state index in [-0.39, 0.29) is 17.4 Å². The van der Waals surface area contributed by atoms with Gasteiger partial charge < -0.3 is 19.3 Å². The fourth-order valence-corrected chi connectivity index (χ4v) is 5.25. The molecule has 1 fully saturated rings. The Kier molecular flexibility index (Phi) is 6.98. The van der Waals surface area contributed by atoms with E-state index in [0.29, 0.717) is 19.0 Å². The lowest BCUT2D eigenvalue weighted by molar-refractivity contribution is 0.333. The van der Waals surface area contributed by atoms with Gasteiger partial charge in [-0.1, -0.05) is 20.8 Å². The van der Waals surface area contributed by atoms with Crippen molar-refractivity contribution in [1.29, 1.82) is 10.7 Å². The zero-order chi connectivity index (χ0) is 25.3. The molecule has 186 valence electrons. The molecular weight excluding hydrogens is 436 g/mol. The summed E-state index contributed by atoms with van der Waals surface area (Å²) in [4.78, 5) is 4.54. The van der Waals surface area contributed by atoms with Crippen molar-refractivity contribution in [1.82, 2.24) is 4.90 Å². The Morgan fingerprint density at radius 3 is 2.49 bits per heavy atom. The average Bonchev–Trinajstić information content (AvgIpc) is 3.18. The molecule has 6 heteroatoms. The molecule has 6 nitrogen and oxygen atoms in total. The quantitative estimate of drug-likeness (QED) is 0.553. The lowest BCUT2D eigenvalue weighted by atomic mass is 9.83. The summed E-state index contributed by atoms with van der Waals surface area (Å²) in [7, 11) is 1.75. The van der Waals surface area contributed by atoms with Crippen LogP contribution in [0.1, 0.15) is 75.8 Å². The summed E-state index contributed by atoms with van der Waals surface area (Å²) in [6.45, 7) is 13.8. The lowest BCUT2D eigenvalue weighted by Crippen LogP contribution is -2.34. The number of nitrogens with one attached hydrogen (secondary N) is 1. The predicted octanol–water partition coefficient (Wildman–Crippen LogP) is 6.03. The van der Waals surface area contributed by atoms with Crippen molar-refractivity contribution in [2.45, 2.75) is 65.5 Å². The van der Waals surface area contributed by atoms with Crippen molar-refractivity contribution in [3.63, 3.8) is 0 Å². The topological polar surface area (TPSA) is 72.6 Å². The second-order valence-corrected chi connectivity index (χ2v) is 10.7. The molecule has 0 bridgehead atoms. The molecule has 0 aliphatic carbocycles. The zero-order valence-electron chi connectivity index (χ0n) is 21.9. The maximum atomic E-state index is 9.36. The average molecular weight is 475 g/mol. The van der Waals surface area contributed by atoms with Crippen molar-refractivity contribution in [2.24, 2.45) is 5.92 Å². The number of benzene rings is 2. The monoisotopic (exact) mass is 474 g/mol. The molecule has 0 saturated carbocycles. The third-order valence-electron chi connectivity index (χ3n) is 7.34. The highest BCUT2D eigenvalue weighted by atomic mass is 16.5. The number of anilines is 1. The number of hydrogen-bond acceptors (Lipinski definition) is 5. The van der Waals surface area contributed by atoms with Crippen LogP contribution in [0.25, 0.3) is 0 Å². The first-order chi connectivity index (χ1) is 16.7. The van der Waals surface area contributed by atoms with Gasteiger partial charge in [-0.05, 0) is 73.6 Å². The van der Waals surface area contributed by atoms with Gasteiger partial charge in [-0.3, -0.25) is 5.41 Å². The van der Waals surface area contributed by atoms with E-state index in [1.54, 1.807) is 7.11 Å². The van der Waals surface area contributed by atoms with E-state index in [0.717, 1.165) is 54.2 Å². The predicted molar refractivity (Wildman–Crippen MR) is 141 cm³/mol. The van der Waals surface area contributed by atoms with Crippen molar-refractivity contribution < 1.29 is 9.47 Å². The number of methoxy groups -OCH3 is 1. The van der Waals surface area contributed by atoms with Crippen LogP contribution in [0.5, 0.6) is 11.5 Å². The van der Waals surface area contributed by atoms with Gasteiger partial charge in [-0.15, -0.1) is 0 Å². The number of fused-ring (bicyclic) bond motifs is 1. The number of nitrogens with zero attached hydrogens (tertiary/aromatic N) is 3. The van der Waals surface area contributed by atoms with Crippen molar-refractivity contribution in [3.05, 3.63) is 52.6 Å². The maximum absolute atomic E-state index is 9.36. The molecule has 1 atom stereocenters. The number of hydrogen-bond donors (Lipinski definition) is 1. The van der Waals surface area contributed by atoms with Crippen LogP contribution < -0.4 is 14.4 Å². The Bertz CT molecular complexity index is 1140. The first-order valence-corrected chi connectivity index (χ1v) is 12.7. The number of nitriles is 1. The number of rotatable bonds is 6. The molecule has 0 spiro atoms. The highest BCUT2D eigenvalue weighted by Crippen LogP contribution is 2.44. The zero-order valence-corrected chi connectivity index (χ0v) is 21.9. The fraction of sp³-hybridized carbons (Fsp3) is 0.517. The van der Waals surface area contributed by atoms with Crippen LogP contribution in [0, 0.1) is 22.7 Å². The summed E-state index contributed by atoms with van der Waals surface area (Å²) >= 11 is 0. The first-order valence-electron chi connectivity index (χ1n) is 12.7. The van der Waals surface area contributed by atoms with Gasteiger partial charge in [-0.2, -0.15) is 5.26 Å². The van der Waals surface area contributed by atoms with Gasteiger partial charge in [0.1, 0.15) is 17.3 Å². The molecular formula is C29H38N4O2. The van der Waals surface area contributed by atoms with Crippen LogP contribution in [0.3, 0.4) is 0 Å². The summed E-state index contributed by atoms with van der Waals surface area (Å²) in [5.74, 6) is 2.47. The normalized spacial score (nSPS) is 17.2. The third kappa shape index (κ3) is 4.82. The van der Waals surface area contributed by atoms with Gasteiger partial charge in [0.15, 0.2) is 0 Å². The molecule has 35 heavy (non-hydrogen) atoms. The Morgan fingerprint density at radius 2 is 1.89 bits per heavy atom. The highest BCUT2D eigenvalue weighted by Gasteiger charge is 2.32. The standard InChI is InChI=1S/C29H38N4O2/c1-7-35-23-8-9-24-22(14-23)18-33(28(24)31)19(2)21-15-25(29(3,4)5)27(34-6)26(16-21)32-12-10-20(17-30)11-13-32/h8-9,14-16,19-20,31H,7,10-13,18H2,1-6H3. The summed E-state index contributed by atoms with van der Waals surface area (Å²) in [6, 6.07) is 13.0. The van der Waals surface area contributed by atoms with E-state index in [1.807, 2.05) is 19.1 Å². The molecule has 2 aliphatic heterocycles. The summed E-state index contributed by atoms with van der Waals surface area (Å²) in [5.41, 5.74) is 5.45. The van der Waals surface area contributed by atoms with Gasteiger partial charge in [0.25, 0.3) is 0 Å². The first kappa shape index (κ1) is 24.9. The second-order valence-electron chi connectivity index (χ2n) is 10.7. The minimum absolute atomic E-state index is 0.0212. The van der Waals surface area contributed by atoms with Crippen molar-refractivity contribution in [3.8, 4) is 17.6 Å². The van der Waals surface area contributed by atoms with Crippen LogP contribution in [0.15, 0.2) is 30.3 Å². The van der Waals surface area contributed by atoms with Gasteiger partial charge >= 0.3 is 0 Å². The minimum Gasteiger partial charge on any atom is -0.494 e. The van der Waals surface area contributed by atoms with E-state index >= 15 is 0 Å². The minimum atomic E-state index is -0.103. The fourth-order valence-electron chi connectivity index (χ4n) is 5.25. The van der Waals surface area contributed by atoms with Gasteiger partial charge in [0.05, 0.1) is 31.5 Å². The molecule has 2 heterocycles. The number of ether oxygens (including phenoxy) is 2. The second kappa shape index (κ2) is 9.81. The van der Waals surface area contributed by atoms with Crippen LogP contribution in [-0.4, -0.2) is 37.5 Å². The molecule has 0 aromatic heterocycles. The molecule has 0 amide bonds. The summed E-state index contributed by atoms with van der Waals surface area (Å²) in [5, 5.41) is 18.3. The van der Waals surface area contributed by atoms with E-state index in [2.05, 4.69) is 61.8 Å². The van der Waals surface area contributed by atoms with Gasteiger partial charge in [0.2, 0.25) is 0 Å². The molecule has 1 saturated heterocycles. The van der Waals surface area contributed by atoms with Crippen LogP contribution in [0.4, 0.5) is 5.69 Å². The molecule has 0 radical (unpaired) electrons. The Morgan fingerprint density at radius 1 is 1.17 bits per heavy atom.